The van der Waals surface area contributed by atoms with E-state index in [0.29, 0.717) is 10.0 Å². The minimum absolute atomic E-state index is 0.101. The Morgan fingerprint density at radius 3 is 2.50 bits per heavy atom. The van der Waals surface area contributed by atoms with Gasteiger partial charge >= 0.3 is 0 Å². The highest BCUT2D eigenvalue weighted by Gasteiger charge is 2.16. The summed E-state index contributed by atoms with van der Waals surface area (Å²) in [6.45, 7) is 2.02. The number of rotatable bonds is 3. The van der Waals surface area contributed by atoms with Crippen molar-refractivity contribution in [2.45, 2.75) is 25.8 Å². The molecule has 1 aromatic rings. The molecule has 4 heteroatoms. The lowest BCUT2D eigenvalue weighted by molar-refractivity contribution is 0.442. The van der Waals surface area contributed by atoms with Crippen LogP contribution in [0.3, 0.4) is 0 Å². The second kappa shape index (κ2) is 4.66. The fourth-order valence-electron chi connectivity index (χ4n) is 1.38. The molecule has 0 aliphatic heterocycles. The van der Waals surface area contributed by atoms with Gasteiger partial charge in [-0.1, -0.05) is 13.3 Å². The molecule has 14 heavy (non-hydrogen) atoms. The molecular formula is C10H14BrNO2. The van der Waals surface area contributed by atoms with Crippen LogP contribution in [0.1, 0.15) is 31.4 Å². The molecule has 0 unspecified atom stereocenters. The minimum atomic E-state index is -0.249. The maximum atomic E-state index is 9.59. The Morgan fingerprint density at radius 1 is 1.36 bits per heavy atom. The van der Waals surface area contributed by atoms with Gasteiger partial charge in [0.15, 0.2) is 0 Å². The summed E-state index contributed by atoms with van der Waals surface area (Å²) >= 11 is 3.21. The van der Waals surface area contributed by atoms with E-state index >= 15 is 0 Å². The molecule has 0 fully saturated rings. The van der Waals surface area contributed by atoms with Crippen molar-refractivity contribution in [3.63, 3.8) is 0 Å². The quantitative estimate of drug-likeness (QED) is 0.732. The van der Waals surface area contributed by atoms with Crippen molar-refractivity contribution >= 4 is 15.9 Å². The number of benzene rings is 1. The molecule has 78 valence electrons. The lowest BCUT2D eigenvalue weighted by atomic mass is 10.0. The maximum absolute atomic E-state index is 9.59. The average Bonchev–Trinajstić information content (AvgIpc) is 2.13. The molecule has 0 aromatic heterocycles. The highest BCUT2D eigenvalue weighted by atomic mass is 79.9. The van der Waals surface area contributed by atoms with Gasteiger partial charge in [0.1, 0.15) is 11.5 Å². The predicted octanol–water partition coefficient (Wildman–Crippen LogP) is 2.66. The van der Waals surface area contributed by atoms with Crippen molar-refractivity contribution in [3.8, 4) is 11.5 Å². The van der Waals surface area contributed by atoms with Crippen molar-refractivity contribution in [3.05, 3.63) is 22.2 Å². The number of halogens is 1. The van der Waals surface area contributed by atoms with Crippen molar-refractivity contribution < 1.29 is 10.2 Å². The highest BCUT2D eigenvalue weighted by Crippen LogP contribution is 2.38. The third-order valence-corrected chi connectivity index (χ3v) is 2.94. The van der Waals surface area contributed by atoms with Gasteiger partial charge in [-0.25, -0.2) is 0 Å². The van der Waals surface area contributed by atoms with Crippen LogP contribution in [0.25, 0.3) is 0 Å². The Hall–Kier alpha value is -0.740. The largest absolute Gasteiger partial charge is 0.508 e. The molecule has 1 atom stereocenters. The van der Waals surface area contributed by atoms with E-state index in [4.69, 9.17) is 5.73 Å². The number of nitrogens with two attached hydrogens (primary N) is 1. The molecule has 0 aliphatic carbocycles. The number of phenolic OH excluding ortho intramolecular Hbond substituents is 2. The van der Waals surface area contributed by atoms with Crippen molar-refractivity contribution in [1.82, 2.24) is 0 Å². The van der Waals surface area contributed by atoms with E-state index in [2.05, 4.69) is 15.9 Å². The Labute approximate surface area is 91.7 Å². The van der Waals surface area contributed by atoms with Crippen LogP contribution >= 0.6 is 15.9 Å². The molecule has 0 radical (unpaired) electrons. The van der Waals surface area contributed by atoms with Gasteiger partial charge in [-0.2, -0.15) is 0 Å². The predicted molar refractivity (Wildman–Crippen MR) is 59.3 cm³/mol. The van der Waals surface area contributed by atoms with Crippen molar-refractivity contribution in [2.75, 3.05) is 0 Å². The number of hydrogen-bond donors (Lipinski definition) is 3. The Balaban J connectivity index is 3.11. The summed E-state index contributed by atoms with van der Waals surface area (Å²) < 4.78 is 0.485. The summed E-state index contributed by atoms with van der Waals surface area (Å²) in [5, 5.41) is 19.0. The molecule has 1 rings (SSSR count). The van der Waals surface area contributed by atoms with Crippen LogP contribution in [-0.2, 0) is 0 Å². The summed E-state index contributed by atoms with van der Waals surface area (Å²) in [6.07, 6.45) is 1.71. The first-order chi connectivity index (χ1) is 6.57. The number of phenols is 2. The maximum Gasteiger partial charge on any atom is 0.130 e. The van der Waals surface area contributed by atoms with Crippen molar-refractivity contribution in [1.29, 1.82) is 0 Å². The van der Waals surface area contributed by atoms with E-state index in [9.17, 15) is 10.2 Å². The van der Waals surface area contributed by atoms with E-state index in [-0.39, 0.29) is 17.5 Å². The van der Waals surface area contributed by atoms with E-state index in [1.807, 2.05) is 6.92 Å². The third-order valence-electron chi connectivity index (χ3n) is 2.11. The van der Waals surface area contributed by atoms with Crippen LogP contribution in [0.2, 0.25) is 0 Å². The van der Waals surface area contributed by atoms with Crippen molar-refractivity contribution in [2.24, 2.45) is 5.73 Å². The molecule has 0 spiro atoms. The van der Waals surface area contributed by atoms with Gasteiger partial charge in [-0.15, -0.1) is 0 Å². The number of aromatic hydroxyl groups is 2. The first-order valence-electron chi connectivity index (χ1n) is 4.53. The Bertz CT molecular complexity index is 328. The summed E-state index contributed by atoms with van der Waals surface area (Å²) in [5.74, 6) is 0.222. The highest BCUT2D eigenvalue weighted by molar-refractivity contribution is 9.10. The smallest absolute Gasteiger partial charge is 0.130 e. The van der Waals surface area contributed by atoms with Crippen LogP contribution in [0.4, 0.5) is 0 Å². The zero-order chi connectivity index (χ0) is 10.7. The lowest BCUT2D eigenvalue weighted by Crippen LogP contribution is -2.10. The van der Waals surface area contributed by atoms with Gasteiger partial charge in [0.2, 0.25) is 0 Å². The fraction of sp³-hybridized carbons (Fsp3) is 0.400. The second-order valence-corrected chi connectivity index (χ2v) is 4.02. The third kappa shape index (κ3) is 2.19. The van der Waals surface area contributed by atoms with Gasteiger partial charge in [-0.3, -0.25) is 0 Å². The molecule has 0 aliphatic rings. The van der Waals surface area contributed by atoms with E-state index in [1.165, 1.54) is 12.1 Å². The van der Waals surface area contributed by atoms with Gasteiger partial charge in [0, 0.05) is 11.6 Å². The molecule has 4 N–H and O–H groups in total. The molecule has 0 saturated heterocycles. The number of hydrogen-bond acceptors (Lipinski definition) is 3. The molecular weight excluding hydrogens is 246 g/mol. The van der Waals surface area contributed by atoms with E-state index in [1.54, 1.807) is 0 Å². The second-order valence-electron chi connectivity index (χ2n) is 3.23. The van der Waals surface area contributed by atoms with Crippen LogP contribution < -0.4 is 5.73 Å². The van der Waals surface area contributed by atoms with Crippen LogP contribution in [0, 0.1) is 0 Å². The van der Waals surface area contributed by atoms with Gasteiger partial charge in [-0.05, 0) is 34.5 Å². The summed E-state index contributed by atoms with van der Waals surface area (Å²) in [7, 11) is 0. The standard InChI is InChI=1S/C10H14BrNO2/c1-2-3-6(12)9-7(13)4-5-8(14)10(9)11/h4-6,13-14H,2-3,12H2,1H3/t6-/m0/s1. The van der Waals surface area contributed by atoms with E-state index < -0.39 is 0 Å². The van der Waals surface area contributed by atoms with Crippen LogP contribution in [0.5, 0.6) is 11.5 Å². The first-order valence-corrected chi connectivity index (χ1v) is 5.33. The lowest BCUT2D eigenvalue weighted by Gasteiger charge is -2.15. The summed E-state index contributed by atoms with van der Waals surface area (Å²) in [4.78, 5) is 0. The van der Waals surface area contributed by atoms with Gasteiger partial charge in [0.05, 0.1) is 4.47 Å². The molecule has 0 heterocycles. The van der Waals surface area contributed by atoms with E-state index in [0.717, 1.165) is 12.8 Å². The molecule has 1 aromatic carbocycles. The van der Waals surface area contributed by atoms with Crippen LogP contribution in [-0.4, -0.2) is 10.2 Å². The first kappa shape index (κ1) is 11.3. The SMILES string of the molecule is CCC[C@H](N)c1c(O)ccc(O)c1Br. The average molecular weight is 260 g/mol. The Kier molecular flexibility index (Phi) is 3.77. The van der Waals surface area contributed by atoms with Gasteiger partial charge < -0.3 is 15.9 Å². The molecule has 0 amide bonds. The zero-order valence-electron chi connectivity index (χ0n) is 8.00. The Morgan fingerprint density at radius 2 is 1.93 bits per heavy atom. The fourth-order valence-corrected chi connectivity index (χ4v) is 2.01. The molecule has 0 bridgehead atoms. The molecule has 0 saturated carbocycles. The monoisotopic (exact) mass is 259 g/mol. The topological polar surface area (TPSA) is 66.5 Å². The van der Waals surface area contributed by atoms with Gasteiger partial charge in [0.25, 0.3) is 0 Å². The normalized spacial score (nSPS) is 12.8. The minimum Gasteiger partial charge on any atom is -0.508 e. The summed E-state index contributed by atoms with van der Waals surface area (Å²) in [6, 6.07) is 2.63. The van der Waals surface area contributed by atoms with Crippen LogP contribution in [0.15, 0.2) is 16.6 Å². The molecule has 3 nitrogen and oxygen atoms in total. The summed E-state index contributed by atoms with van der Waals surface area (Å²) in [5.41, 5.74) is 6.45. The zero-order valence-corrected chi connectivity index (χ0v) is 9.58.